The van der Waals surface area contributed by atoms with Crippen LogP contribution in [0.25, 0.3) is 0 Å². The first kappa shape index (κ1) is 21.8. The van der Waals surface area contributed by atoms with Crippen molar-refractivity contribution in [2.75, 3.05) is 18.5 Å². The van der Waals surface area contributed by atoms with Gasteiger partial charge in [0, 0.05) is 27.2 Å². The van der Waals surface area contributed by atoms with E-state index in [9.17, 15) is 19.2 Å². The van der Waals surface area contributed by atoms with Crippen molar-refractivity contribution in [3.05, 3.63) is 63.6 Å². The number of anilines is 1. The molecule has 2 N–H and O–H groups in total. The zero-order chi connectivity index (χ0) is 21.7. The van der Waals surface area contributed by atoms with Crippen LogP contribution < -0.4 is 10.7 Å². The summed E-state index contributed by atoms with van der Waals surface area (Å²) in [6.45, 7) is -0.518. The van der Waals surface area contributed by atoms with Crippen LogP contribution >= 0.6 is 27.5 Å². The number of amides is 3. The summed E-state index contributed by atoms with van der Waals surface area (Å²) >= 11 is 9.06. The molecule has 1 atom stereocenters. The summed E-state index contributed by atoms with van der Waals surface area (Å²) < 4.78 is 5.83. The van der Waals surface area contributed by atoms with Crippen molar-refractivity contribution >= 4 is 56.9 Å². The summed E-state index contributed by atoms with van der Waals surface area (Å²) in [4.78, 5) is 48.5. The molecule has 0 aromatic heterocycles. The molecule has 1 aliphatic rings. The van der Waals surface area contributed by atoms with E-state index < -0.39 is 36.2 Å². The van der Waals surface area contributed by atoms with Crippen LogP contribution in [0.1, 0.15) is 16.8 Å². The van der Waals surface area contributed by atoms with E-state index in [1.54, 1.807) is 48.5 Å². The maximum atomic E-state index is 12.2. The second-order valence-corrected chi connectivity index (χ2v) is 7.87. The van der Waals surface area contributed by atoms with Gasteiger partial charge in [-0.05, 0) is 48.5 Å². The number of benzene rings is 2. The third-order valence-electron chi connectivity index (χ3n) is 4.27. The van der Waals surface area contributed by atoms with Gasteiger partial charge in [-0.15, -0.1) is 0 Å². The zero-order valence-electron chi connectivity index (χ0n) is 15.6. The van der Waals surface area contributed by atoms with Crippen LogP contribution in [-0.4, -0.2) is 41.9 Å². The number of nitrogens with one attached hydrogen (secondary N) is 2. The Morgan fingerprint density at radius 3 is 2.43 bits per heavy atom. The van der Waals surface area contributed by atoms with Gasteiger partial charge >= 0.3 is 5.97 Å². The third-order valence-corrected chi connectivity index (χ3v) is 5.06. The predicted octanol–water partition coefficient (Wildman–Crippen LogP) is 2.78. The molecule has 10 heteroatoms. The lowest BCUT2D eigenvalue weighted by Crippen LogP contribution is -2.43. The molecule has 0 saturated carbocycles. The summed E-state index contributed by atoms with van der Waals surface area (Å²) in [5.41, 5.74) is 3.37. The van der Waals surface area contributed by atoms with Crippen molar-refractivity contribution in [1.29, 1.82) is 0 Å². The van der Waals surface area contributed by atoms with Crippen molar-refractivity contribution in [2.45, 2.75) is 6.42 Å². The van der Waals surface area contributed by atoms with E-state index in [-0.39, 0.29) is 13.0 Å². The smallest absolute Gasteiger partial charge is 0.311 e. The molecule has 2 aromatic carbocycles. The highest BCUT2D eigenvalue weighted by molar-refractivity contribution is 9.10. The fourth-order valence-electron chi connectivity index (χ4n) is 2.75. The molecule has 0 radical (unpaired) electrons. The van der Waals surface area contributed by atoms with Crippen LogP contribution in [0.5, 0.6) is 0 Å². The van der Waals surface area contributed by atoms with E-state index in [0.29, 0.717) is 16.3 Å². The lowest BCUT2D eigenvalue weighted by Gasteiger charge is -2.17. The van der Waals surface area contributed by atoms with Crippen LogP contribution in [0.2, 0.25) is 5.02 Å². The van der Waals surface area contributed by atoms with Crippen molar-refractivity contribution < 1.29 is 23.9 Å². The lowest BCUT2D eigenvalue weighted by atomic mass is 10.1. The number of hydrazine groups is 1. The Bertz CT molecular complexity index is 965. The molecular formula is C20H17BrClN3O5. The molecule has 3 rings (SSSR count). The Labute approximate surface area is 185 Å². The largest absolute Gasteiger partial charge is 0.455 e. The zero-order valence-corrected chi connectivity index (χ0v) is 17.9. The molecule has 3 amide bonds. The van der Waals surface area contributed by atoms with Gasteiger partial charge < -0.3 is 10.1 Å². The molecule has 30 heavy (non-hydrogen) atoms. The normalized spacial score (nSPS) is 15.6. The first-order chi connectivity index (χ1) is 14.3. The monoisotopic (exact) mass is 493 g/mol. The lowest BCUT2D eigenvalue weighted by molar-refractivity contribution is -0.151. The van der Waals surface area contributed by atoms with Gasteiger partial charge in [-0.2, -0.15) is 0 Å². The highest BCUT2D eigenvalue weighted by Gasteiger charge is 2.36. The number of carbonyl (C=O) groups excluding carboxylic acids is 4. The van der Waals surface area contributed by atoms with E-state index in [2.05, 4.69) is 26.7 Å². The van der Waals surface area contributed by atoms with Crippen LogP contribution in [0.15, 0.2) is 53.0 Å². The van der Waals surface area contributed by atoms with Gasteiger partial charge in [0.05, 0.1) is 12.5 Å². The van der Waals surface area contributed by atoms with Crippen molar-refractivity contribution in [3.8, 4) is 0 Å². The Balaban J connectivity index is 1.47. The minimum Gasteiger partial charge on any atom is -0.455 e. The molecule has 0 unspecified atom stereocenters. The highest BCUT2D eigenvalue weighted by Crippen LogP contribution is 2.19. The van der Waals surface area contributed by atoms with Gasteiger partial charge in [-0.1, -0.05) is 27.5 Å². The van der Waals surface area contributed by atoms with E-state index in [0.717, 1.165) is 9.48 Å². The standard InChI is InChI=1S/C20H17BrClN3O5/c21-14-3-1-12(2-4-14)19(28)24-25-10-13(9-18(25)27)20(29)30-11-17(26)23-16-7-5-15(22)6-8-16/h1-8,13H,9-11H2,(H,23,26)(H,24,28)/t13-/m0/s1. The molecule has 0 aliphatic carbocycles. The minimum absolute atomic E-state index is 0.0290. The predicted molar refractivity (Wildman–Crippen MR) is 112 cm³/mol. The molecule has 8 nitrogen and oxygen atoms in total. The second kappa shape index (κ2) is 9.73. The number of esters is 1. The van der Waals surface area contributed by atoms with E-state index in [1.807, 2.05) is 0 Å². The van der Waals surface area contributed by atoms with Gasteiger partial charge in [0.2, 0.25) is 5.91 Å². The Morgan fingerprint density at radius 1 is 1.10 bits per heavy atom. The van der Waals surface area contributed by atoms with E-state index in [4.69, 9.17) is 16.3 Å². The maximum Gasteiger partial charge on any atom is 0.311 e. The molecule has 1 saturated heterocycles. The fraction of sp³-hybridized carbons (Fsp3) is 0.200. The van der Waals surface area contributed by atoms with Crippen LogP contribution in [-0.2, 0) is 19.1 Å². The number of halogens is 2. The van der Waals surface area contributed by atoms with Crippen molar-refractivity contribution in [3.63, 3.8) is 0 Å². The summed E-state index contributed by atoms with van der Waals surface area (Å²) in [5.74, 6) is -2.85. The molecule has 0 bridgehead atoms. The first-order valence-electron chi connectivity index (χ1n) is 8.91. The quantitative estimate of drug-likeness (QED) is 0.601. The Morgan fingerprint density at radius 2 is 1.77 bits per heavy atom. The molecule has 0 spiro atoms. The minimum atomic E-state index is -0.772. The average Bonchev–Trinajstić information content (AvgIpc) is 3.09. The average molecular weight is 495 g/mol. The van der Waals surface area contributed by atoms with Gasteiger partial charge in [-0.25, -0.2) is 0 Å². The van der Waals surface area contributed by atoms with Crippen LogP contribution in [0.4, 0.5) is 5.69 Å². The molecular weight excluding hydrogens is 478 g/mol. The van der Waals surface area contributed by atoms with Crippen LogP contribution in [0, 0.1) is 5.92 Å². The summed E-state index contributed by atoms with van der Waals surface area (Å²) in [7, 11) is 0. The Kier molecular flexibility index (Phi) is 7.07. The summed E-state index contributed by atoms with van der Waals surface area (Å²) in [6, 6.07) is 13.1. The topological polar surface area (TPSA) is 105 Å². The molecule has 1 heterocycles. The number of ether oxygens (including phenoxy) is 1. The first-order valence-corrected chi connectivity index (χ1v) is 10.1. The number of rotatable bonds is 6. The van der Waals surface area contributed by atoms with E-state index >= 15 is 0 Å². The van der Waals surface area contributed by atoms with Gasteiger partial charge in [0.15, 0.2) is 6.61 Å². The van der Waals surface area contributed by atoms with Crippen molar-refractivity contribution in [2.24, 2.45) is 5.92 Å². The summed E-state index contributed by atoms with van der Waals surface area (Å²) in [5, 5.41) is 4.19. The summed E-state index contributed by atoms with van der Waals surface area (Å²) in [6.07, 6.45) is -0.113. The second-order valence-electron chi connectivity index (χ2n) is 6.52. The number of hydrogen-bond donors (Lipinski definition) is 2. The molecule has 1 aliphatic heterocycles. The molecule has 1 fully saturated rings. The molecule has 156 valence electrons. The number of hydrogen-bond acceptors (Lipinski definition) is 5. The van der Waals surface area contributed by atoms with Gasteiger partial charge in [0.1, 0.15) is 0 Å². The molecule has 2 aromatic rings. The highest BCUT2D eigenvalue weighted by atomic mass is 79.9. The van der Waals surface area contributed by atoms with Gasteiger partial charge in [-0.3, -0.25) is 29.6 Å². The maximum absolute atomic E-state index is 12.2. The number of nitrogens with zero attached hydrogens (tertiary/aromatic N) is 1. The fourth-order valence-corrected chi connectivity index (χ4v) is 3.14. The van der Waals surface area contributed by atoms with Gasteiger partial charge in [0.25, 0.3) is 11.8 Å². The SMILES string of the molecule is O=C(COC(=O)[C@H]1CC(=O)N(NC(=O)c2ccc(Br)cc2)C1)Nc1ccc(Cl)cc1. The number of carbonyl (C=O) groups is 4. The third kappa shape index (κ3) is 5.80. The van der Waals surface area contributed by atoms with Crippen molar-refractivity contribution in [1.82, 2.24) is 10.4 Å². The Hall–Kier alpha value is -2.91. The van der Waals surface area contributed by atoms with Crippen LogP contribution in [0.3, 0.4) is 0 Å². The van der Waals surface area contributed by atoms with E-state index in [1.165, 1.54) is 0 Å².